The maximum Gasteiger partial charge on any atom is 0.263 e. The van der Waals surface area contributed by atoms with E-state index in [1.54, 1.807) is 36.7 Å². The molecule has 0 radical (unpaired) electrons. The first-order chi connectivity index (χ1) is 7.09. The third kappa shape index (κ3) is 2.03. The zero-order valence-corrected chi connectivity index (χ0v) is 9.11. The molecule has 78 valence electrons. The van der Waals surface area contributed by atoms with Crippen LogP contribution in [0.15, 0.2) is 47.6 Å². The van der Waals surface area contributed by atoms with Gasteiger partial charge < -0.3 is 0 Å². The maximum atomic E-state index is 11.3. The van der Waals surface area contributed by atoms with Crippen LogP contribution in [0.3, 0.4) is 0 Å². The van der Waals surface area contributed by atoms with E-state index in [0.29, 0.717) is 5.69 Å². The van der Waals surface area contributed by atoms with Gasteiger partial charge in [-0.3, -0.25) is 0 Å². The third-order valence-electron chi connectivity index (χ3n) is 1.88. The predicted molar refractivity (Wildman–Crippen MR) is 56.6 cm³/mol. The smallest absolute Gasteiger partial charge is 0.240 e. The van der Waals surface area contributed by atoms with E-state index in [2.05, 4.69) is 5.10 Å². The van der Waals surface area contributed by atoms with Crippen molar-refractivity contribution < 1.29 is 8.42 Å². The lowest BCUT2D eigenvalue weighted by Gasteiger charge is -2.05. The summed E-state index contributed by atoms with van der Waals surface area (Å²) in [6, 6.07) is 8.13. The second kappa shape index (κ2) is 3.67. The summed E-state index contributed by atoms with van der Waals surface area (Å²) >= 11 is 0. The van der Waals surface area contributed by atoms with Crippen LogP contribution in [0.5, 0.6) is 0 Å². The molecule has 15 heavy (non-hydrogen) atoms. The standard InChI is InChI=1S/C9H7ClN2O2S/c10-15(13,14)9-5-2-1-4-8(9)12-7-3-6-11-12/h1-7H. The highest BCUT2D eigenvalue weighted by atomic mass is 35.7. The number of hydrogen-bond acceptors (Lipinski definition) is 3. The molecule has 0 aliphatic carbocycles. The van der Waals surface area contributed by atoms with E-state index in [1.165, 1.54) is 10.7 Å². The summed E-state index contributed by atoms with van der Waals surface area (Å²) in [5, 5.41) is 3.95. The molecule has 4 nitrogen and oxygen atoms in total. The molecule has 2 rings (SSSR count). The number of aromatic nitrogens is 2. The first-order valence-corrected chi connectivity index (χ1v) is 6.44. The maximum absolute atomic E-state index is 11.3. The highest BCUT2D eigenvalue weighted by molar-refractivity contribution is 8.13. The van der Waals surface area contributed by atoms with Gasteiger partial charge in [0.05, 0.1) is 5.69 Å². The number of halogens is 1. The summed E-state index contributed by atoms with van der Waals surface area (Å²) in [4.78, 5) is 0.0513. The fourth-order valence-electron chi connectivity index (χ4n) is 1.26. The Morgan fingerprint density at radius 3 is 2.53 bits per heavy atom. The van der Waals surface area contributed by atoms with Crippen LogP contribution < -0.4 is 0 Å². The van der Waals surface area contributed by atoms with Crippen molar-refractivity contribution in [2.75, 3.05) is 0 Å². The molecule has 0 bridgehead atoms. The molecule has 1 heterocycles. The number of hydrogen-bond donors (Lipinski definition) is 0. The third-order valence-corrected chi connectivity index (χ3v) is 3.25. The second-order valence-electron chi connectivity index (χ2n) is 2.86. The molecule has 0 saturated carbocycles. The average Bonchev–Trinajstić information content (AvgIpc) is 2.69. The Hall–Kier alpha value is -1.33. The summed E-state index contributed by atoms with van der Waals surface area (Å²) in [6.07, 6.45) is 3.22. The van der Waals surface area contributed by atoms with E-state index in [-0.39, 0.29) is 4.90 Å². The molecule has 0 N–H and O–H groups in total. The Morgan fingerprint density at radius 1 is 1.20 bits per heavy atom. The van der Waals surface area contributed by atoms with E-state index in [0.717, 1.165) is 0 Å². The van der Waals surface area contributed by atoms with Crippen molar-refractivity contribution in [3.63, 3.8) is 0 Å². The monoisotopic (exact) mass is 242 g/mol. The molecule has 0 aliphatic rings. The largest absolute Gasteiger partial charge is 0.263 e. The zero-order chi connectivity index (χ0) is 10.9. The quantitative estimate of drug-likeness (QED) is 0.755. The van der Waals surface area contributed by atoms with Gasteiger partial charge in [-0.15, -0.1) is 0 Å². The van der Waals surface area contributed by atoms with Crippen LogP contribution in [-0.2, 0) is 9.05 Å². The van der Waals surface area contributed by atoms with Crippen molar-refractivity contribution in [3.8, 4) is 5.69 Å². The van der Waals surface area contributed by atoms with Gasteiger partial charge in [0.25, 0.3) is 9.05 Å². The summed E-state index contributed by atoms with van der Waals surface area (Å²) < 4.78 is 24.0. The van der Waals surface area contributed by atoms with Gasteiger partial charge in [-0.25, -0.2) is 13.1 Å². The molecule has 2 aromatic rings. The van der Waals surface area contributed by atoms with Gasteiger partial charge in [-0.2, -0.15) is 5.10 Å². The van der Waals surface area contributed by atoms with Gasteiger partial charge in [0.15, 0.2) is 0 Å². The highest BCUT2D eigenvalue weighted by Gasteiger charge is 2.15. The fourth-order valence-corrected chi connectivity index (χ4v) is 2.31. The molecule has 0 amide bonds. The molecule has 0 unspecified atom stereocenters. The SMILES string of the molecule is O=S(=O)(Cl)c1ccccc1-n1cccn1. The first kappa shape index (κ1) is 10.2. The van der Waals surface area contributed by atoms with Crippen LogP contribution in [0.4, 0.5) is 0 Å². The average molecular weight is 243 g/mol. The van der Waals surface area contributed by atoms with Crippen molar-refractivity contribution in [1.82, 2.24) is 9.78 Å². The first-order valence-electron chi connectivity index (χ1n) is 4.13. The van der Waals surface area contributed by atoms with E-state index in [9.17, 15) is 8.42 Å². The van der Waals surface area contributed by atoms with E-state index >= 15 is 0 Å². The van der Waals surface area contributed by atoms with Crippen LogP contribution in [0.25, 0.3) is 5.69 Å². The zero-order valence-electron chi connectivity index (χ0n) is 7.54. The predicted octanol–water partition coefficient (Wildman–Crippen LogP) is 1.80. The molecular formula is C9H7ClN2O2S. The second-order valence-corrected chi connectivity index (χ2v) is 5.39. The van der Waals surface area contributed by atoms with Gasteiger partial charge in [0.1, 0.15) is 4.90 Å². The van der Waals surface area contributed by atoms with Crippen LogP contribution in [0.1, 0.15) is 0 Å². The van der Waals surface area contributed by atoms with Crippen molar-refractivity contribution in [1.29, 1.82) is 0 Å². The van der Waals surface area contributed by atoms with Crippen molar-refractivity contribution >= 4 is 19.7 Å². The summed E-state index contributed by atoms with van der Waals surface area (Å²) in [5.74, 6) is 0. The van der Waals surface area contributed by atoms with Crippen molar-refractivity contribution in [2.24, 2.45) is 0 Å². The number of para-hydroxylation sites is 1. The Labute approximate surface area is 91.5 Å². The molecule has 0 saturated heterocycles. The summed E-state index contributed by atoms with van der Waals surface area (Å²) in [6.45, 7) is 0. The molecule has 0 aliphatic heterocycles. The Kier molecular flexibility index (Phi) is 2.50. The van der Waals surface area contributed by atoms with Crippen LogP contribution in [0, 0.1) is 0 Å². The van der Waals surface area contributed by atoms with Gasteiger partial charge in [-0.05, 0) is 18.2 Å². The lowest BCUT2D eigenvalue weighted by molar-refractivity contribution is 0.608. The van der Waals surface area contributed by atoms with Gasteiger partial charge in [0, 0.05) is 23.1 Å². The topological polar surface area (TPSA) is 52.0 Å². The van der Waals surface area contributed by atoms with Crippen molar-refractivity contribution in [3.05, 3.63) is 42.7 Å². The molecular weight excluding hydrogens is 236 g/mol. The molecule has 1 aromatic carbocycles. The Bertz CT molecular complexity index is 564. The molecule has 1 aromatic heterocycles. The van der Waals surface area contributed by atoms with Gasteiger partial charge >= 0.3 is 0 Å². The van der Waals surface area contributed by atoms with Crippen LogP contribution in [-0.4, -0.2) is 18.2 Å². The number of benzene rings is 1. The van der Waals surface area contributed by atoms with E-state index in [4.69, 9.17) is 10.7 Å². The highest BCUT2D eigenvalue weighted by Crippen LogP contribution is 2.22. The lowest BCUT2D eigenvalue weighted by atomic mass is 10.3. The minimum absolute atomic E-state index is 0.0513. The van der Waals surface area contributed by atoms with Crippen LogP contribution >= 0.6 is 10.7 Å². The molecule has 0 atom stereocenters. The van der Waals surface area contributed by atoms with Gasteiger partial charge in [0.2, 0.25) is 0 Å². The Morgan fingerprint density at radius 2 is 1.93 bits per heavy atom. The summed E-state index contributed by atoms with van der Waals surface area (Å²) in [7, 11) is 1.56. The van der Waals surface area contributed by atoms with Crippen molar-refractivity contribution in [2.45, 2.75) is 4.90 Å². The van der Waals surface area contributed by atoms with E-state index in [1.807, 2.05) is 0 Å². The van der Waals surface area contributed by atoms with Gasteiger partial charge in [-0.1, -0.05) is 12.1 Å². The number of rotatable bonds is 2. The molecule has 6 heteroatoms. The minimum atomic E-state index is -3.75. The number of nitrogens with zero attached hydrogens (tertiary/aromatic N) is 2. The van der Waals surface area contributed by atoms with E-state index < -0.39 is 9.05 Å². The Balaban J connectivity index is 2.68. The fraction of sp³-hybridized carbons (Fsp3) is 0. The minimum Gasteiger partial charge on any atom is -0.240 e. The molecule has 0 fully saturated rings. The normalized spacial score (nSPS) is 11.5. The molecule has 0 spiro atoms. The summed E-state index contributed by atoms with van der Waals surface area (Å²) in [5.41, 5.74) is 0.442. The lowest BCUT2D eigenvalue weighted by Crippen LogP contribution is -2.02. The van der Waals surface area contributed by atoms with Crippen LogP contribution in [0.2, 0.25) is 0 Å².